The van der Waals surface area contributed by atoms with Gasteiger partial charge in [-0.1, -0.05) is 13.0 Å². The second-order valence-corrected chi connectivity index (χ2v) is 4.78. The third-order valence-corrected chi connectivity index (χ3v) is 3.37. The van der Waals surface area contributed by atoms with E-state index in [0.29, 0.717) is 12.3 Å². The van der Waals surface area contributed by atoms with E-state index in [4.69, 9.17) is 4.74 Å². The molecule has 0 aromatic carbocycles. The average molecular weight is 264 g/mol. The molecule has 18 heavy (non-hydrogen) atoms. The summed E-state index contributed by atoms with van der Waals surface area (Å²) in [6.07, 6.45) is 0.929. The number of hydrogen-bond acceptors (Lipinski definition) is 4. The van der Waals surface area contributed by atoms with Gasteiger partial charge in [0, 0.05) is 6.54 Å². The lowest BCUT2D eigenvalue weighted by Crippen LogP contribution is -2.13. The molecule has 0 bridgehead atoms. The first-order valence-corrected chi connectivity index (χ1v) is 6.93. The summed E-state index contributed by atoms with van der Waals surface area (Å²) < 4.78 is 6.78. The van der Waals surface area contributed by atoms with Crippen molar-refractivity contribution in [2.24, 2.45) is 0 Å². The number of aromatic nitrogens is 2. The first-order valence-electron chi connectivity index (χ1n) is 6.05. The van der Waals surface area contributed by atoms with Crippen LogP contribution in [0.3, 0.4) is 0 Å². The van der Waals surface area contributed by atoms with Gasteiger partial charge in [-0.25, -0.2) is 4.79 Å². The number of esters is 1. The summed E-state index contributed by atoms with van der Waals surface area (Å²) in [5, 5.41) is 6.47. The molecule has 2 aromatic rings. The van der Waals surface area contributed by atoms with Crippen molar-refractivity contribution in [3.8, 4) is 10.6 Å². The number of rotatable bonds is 5. The molecule has 0 atom stereocenters. The van der Waals surface area contributed by atoms with Crippen LogP contribution in [0.15, 0.2) is 23.6 Å². The van der Waals surface area contributed by atoms with Gasteiger partial charge in [-0.3, -0.25) is 4.68 Å². The summed E-state index contributed by atoms with van der Waals surface area (Å²) in [6, 6.07) is 5.78. The van der Waals surface area contributed by atoms with Crippen molar-refractivity contribution in [2.75, 3.05) is 6.61 Å². The van der Waals surface area contributed by atoms with Crippen LogP contribution in [0.4, 0.5) is 0 Å². The summed E-state index contributed by atoms with van der Waals surface area (Å²) in [7, 11) is 0. The Bertz CT molecular complexity index is 517. The lowest BCUT2D eigenvalue weighted by Gasteiger charge is -2.04. The summed E-state index contributed by atoms with van der Waals surface area (Å²) >= 11 is 1.61. The predicted molar refractivity (Wildman–Crippen MR) is 71.8 cm³/mol. The molecule has 2 rings (SSSR count). The first-order chi connectivity index (χ1) is 8.76. The molecule has 5 heteroatoms. The normalized spacial score (nSPS) is 10.6. The smallest absolute Gasteiger partial charge is 0.356 e. The molecule has 0 aliphatic heterocycles. The van der Waals surface area contributed by atoms with Crippen LogP contribution in [0.5, 0.6) is 0 Å². The van der Waals surface area contributed by atoms with Crippen LogP contribution in [0.2, 0.25) is 0 Å². The highest BCUT2D eigenvalue weighted by Crippen LogP contribution is 2.24. The molecule has 0 spiro atoms. The highest BCUT2D eigenvalue weighted by atomic mass is 32.1. The molecule has 0 saturated carbocycles. The highest BCUT2D eigenvalue weighted by molar-refractivity contribution is 7.13. The van der Waals surface area contributed by atoms with Gasteiger partial charge < -0.3 is 4.74 Å². The minimum atomic E-state index is -0.304. The van der Waals surface area contributed by atoms with Crippen LogP contribution >= 0.6 is 11.3 Å². The fourth-order valence-electron chi connectivity index (χ4n) is 1.71. The van der Waals surface area contributed by atoms with Crippen molar-refractivity contribution in [3.05, 3.63) is 29.3 Å². The zero-order chi connectivity index (χ0) is 13.0. The van der Waals surface area contributed by atoms with Crippen LogP contribution < -0.4 is 0 Å². The average Bonchev–Trinajstić information content (AvgIpc) is 2.97. The van der Waals surface area contributed by atoms with Crippen molar-refractivity contribution in [3.63, 3.8) is 0 Å². The van der Waals surface area contributed by atoms with Gasteiger partial charge in [0.25, 0.3) is 0 Å². The van der Waals surface area contributed by atoms with Crippen LogP contribution in [0, 0.1) is 0 Å². The van der Waals surface area contributed by atoms with Gasteiger partial charge in [0.1, 0.15) is 11.4 Å². The van der Waals surface area contributed by atoms with Gasteiger partial charge in [0.15, 0.2) is 0 Å². The van der Waals surface area contributed by atoms with Crippen LogP contribution in [-0.2, 0) is 11.3 Å². The third kappa shape index (κ3) is 2.61. The standard InChI is InChI=1S/C13H16N2O2S/c1-3-7-15-11(13(16)17-4-2)9-10(14-15)12-6-5-8-18-12/h5-6,8-9H,3-4,7H2,1-2H3. The van der Waals surface area contributed by atoms with E-state index in [9.17, 15) is 4.79 Å². The summed E-state index contributed by atoms with van der Waals surface area (Å²) in [4.78, 5) is 12.9. The van der Waals surface area contributed by atoms with E-state index in [1.54, 1.807) is 29.0 Å². The van der Waals surface area contributed by atoms with Crippen LogP contribution in [-0.4, -0.2) is 22.4 Å². The van der Waals surface area contributed by atoms with Gasteiger partial charge in [-0.05, 0) is 30.9 Å². The van der Waals surface area contributed by atoms with Crippen molar-refractivity contribution in [2.45, 2.75) is 26.8 Å². The molecule has 0 unspecified atom stereocenters. The van der Waals surface area contributed by atoms with Crippen LogP contribution in [0.1, 0.15) is 30.8 Å². The number of thiophene rings is 1. The number of aryl methyl sites for hydroxylation is 1. The van der Waals surface area contributed by atoms with Crippen molar-refractivity contribution in [1.29, 1.82) is 0 Å². The Morgan fingerprint density at radius 3 is 2.94 bits per heavy atom. The van der Waals surface area contributed by atoms with Gasteiger partial charge >= 0.3 is 5.97 Å². The topological polar surface area (TPSA) is 44.1 Å². The molecular formula is C13H16N2O2S. The molecule has 0 amide bonds. The number of ether oxygens (including phenoxy) is 1. The molecule has 0 saturated heterocycles. The molecule has 96 valence electrons. The highest BCUT2D eigenvalue weighted by Gasteiger charge is 2.17. The van der Waals surface area contributed by atoms with E-state index in [1.165, 1.54) is 0 Å². The fraction of sp³-hybridized carbons (Fsp3) is 0.385. The zero-order valence-corrected chi connectivity index (χ0v) is 11.4. The van der Waals surface area contributed by atoms with Crippen LogP contribution in [0.25, 0.3) is 10.6 Å². The summed E-state index contributed by atoms with van der Waals surface area (Å²) in [5.74, 6) is -0.304. The molecule has 4 nitrogen and oxygen atoms in total. The monoisotopic (exact) mass is 264 g/mol. The number of carbonyl (C=O) groups is 1. The molecule has 0 aliphatic rings. The Hall–Kier alpha value is -1.62. The van der Waals surface area contributed by atoms with E-state index in [0.717, 1.165) is 23.5 Å². The van der Waals surface area contributed by atoms with E-state index in [2.05, 4.69) is 12.0 Å². The molecule has 2 aromatic heterocycles. The Morgan fingerprint density at radius 2 is 2.33 bits per heavy atom. The Kier molecular flexibility index (Phi) is 4.15. The maximum Gasteiger partial charge on any atom is 0.356 e. The molecular weight excluding hydrogens is 248 g/mol. The van der Waals surface area contributed by atoms with E-state index in [1.807, 2.05) is 17.5 Å². The quantitative estimate of drug-likeness (QED) is 0.779. The second kappa shape index (κ2) is 5.82. The summed E-state index contributed by atoms with van der Waals surface area (Å²) in [5.41, 5.74) is 1.36. The van der Waals surface area contributed by atoms with Crippen molar-refractivity contribution < 1.29 is 9.53 Å². The Labute approximate surface area is 110 Å². The van der Waals surface area contributed by atoms with E-state index >= 15 is 0 Å². The Balaban J connectivity index is 2.35. The first kappa shape index (κ1) is 12.8. The molecule has 0 fully saturated rings. The van der Waals surface area contributed by atoms with E-state index in [-0.39, 0.29) is 5.97 Å². The van der Waals surface area contributed by atoms with Gasteiger partial charge in [-0.2, -0.15) is 5.10 Å². The maximum absolute atomic E-state index is 11.8. The minimum Gasteiger partial charge on any atom is -0.461 e. The van der Waals surface area contributed by atoms with Gasteiger partial charge in [0.2, 0.25) is 0 Å². The maximum atomic E-state index is 11.8. The molecule has 0 N–H and O–H groups in total. The zero-order valence-electron chi connectivity index (χ0n) is 10.5. The summed E-state index contributed by atoms with van der Waals surface area (Å²) in [6.45, 7) is 4.96. The van der Waals surface area contributed by atoms with Gasteiger partial charge in [0.05, 0.1) is 11.5 Å². The second-order valence-electron chi connectivity index (χ2n) is 3.84. The lowest BCUT2D eigenvalue weighted by molar-refractivity contribution is 0.0511. The number of carbonyl (C=O) groups excluding carboxylic acids is 1. The Morgan fingerprint density at radius 1 is 1.50 bits per heavy atom. The van der Waals surface area contributed by atoms with Crippen molar-refractivity contribution in [1.82, 2.24) is 9.78 Å². The predicted octanol–water partition coefficient (Wildman–Crippen LogP) is 3.20. The number of hydrogen-bond donors (Lipinski definition) is 0. The van der Waals surface area contributed by atoms with E-state index < -0.39 is 0 Å². The molecule has 0 radical (unpaired) electrons. The third-order valence-electron chi connectivity index (χ3n) is 2.47. The number of nitrogens with zero attached hydrogens (tertiary/aromatic N) is 2. The fourth-order valence-corrected chi connectivity index (χ4v) is 2.39. The minimum absolute atomic E-state index is 0.304. The molecule has 0 aliphatic carbocycles. The largest absolute Gasteiger partial charge is 0.461 e. The molecule has 2 heterocycles. The van der Waals surface area contributed by atoms with Crippen molar-refractivity contribution >= 4 is 17.3 Å². The lowest BCUT2D eigenvalue weighted by atomic mass is 10.3. The van der Waals surface area contributed by atoms with Gasteiger partial charge in [-0.15, -0.1) is 11.3 Å². The SMILES string of the molecule is CCCn1nc(-c2cccs2)cc1C(=O)OCC.